The van der Waals surface area contributed by atoms with Crippen LogP contribution in [0.5, 0.6) is 5.75 Å². The molecule has 1 aromatic rings. The Morgan fingerprint density at radius 2 is 1.88 bits per heavy atom. The Morgan fingerprint density at radius 3 is 2.29 bits per heavy atom. The molecule has 2 N–H and O–H groups in total. The lowest BCUT2D eigenvalue weighted by Crippen LogP contribution is -2.38. The number of nitrogens with two attached hydrogens (primary N) is 1. The topological polar surface area (TPSA) is 35.2 Å². The van der Waals surface area contributed by atoms with E-state index in [0.29, 0.717) is 0 Å². The third-order valence-corrected chi connectivity index (χ3v) is 2.25. The molecule has 1 rings (SSSR count). The van der Waals surface area contributed by atoms with Crippen LogP contribution in [0.25, 0.3) is 0 Å². The Morgan fingerprint density at radius 1 is 1.29 bits per heavy atom. The van der Waals surface area contributed by atoms with Crippen molar-refractivity contribution < 1.29 is 17.9 Å². The SMILES string of the molecule is COc1ccc(C(F)(F)CC(C)(C)N)cc1F. The van der Waals surface area contributed by atoms with Gasteiger partial charge in [0.05, 0.1) is 7.11 Å². The number of halogens is 3. The predicted molar refractivity (Wildman–Crippen MR) is 59.7 cm³/mol. The van der Waals surface area contributed by atoms with E-state index in [1.54, 1.807) is 0 Å². The summed E-state index contributed by atoms with van der Waals surface area (Å²) in [5, 5.41) is 0. The molecule has 0 saturated carbocycles. The first kappa shape index (κ1) is 13.8. The number of hydrogen-bond donors (Lipinski definition) is 1. The van der Waals surface area contributed by atoms with Gasteiger partial charge in [-0.3, -0.25) is 0 Å². The summed E-state index contributed by atoms with van der Waals surface area (Å²) in [6, 6.07) is 3.11. The fourth-order valence-corrected chi connectivity index (χ4v) is 1.57. The minimum Gasteiger partial charge on any atom is -0.494 e. The second-order valence-electron chi connectivity index (χ2n) is 4.72. The Bertz CT molecular complexity index is 399. The molecular formula is C12H16F3NO. The van der Waals surface area contributed by atoms with Gasteiger partial charge in [0.2, 0.25) is 0 Å². The lowest BCUT2D eigenvalue weighted by atomic mass is 9.93. The highest BCUT2D eigenvalue weighted by Gasteiger charge is 2.37. The normalized spacial score (nSPS) is 12.6. The fourth-order valence-electron chi connectivity index (χ4n) is 1.57. The van der Waals surface area contributed by atoms with Crippen molar-refractivity contribution in [1.82, 2.24) is 0 Å². The fraction of sp³-hybridized carbons (Fsp3) is 0.500. The van der Waals surface area contributed by atoms with Gasteiger partial charge in [0.25, 0.3) is 5.92 Å². The molecule has 1 aromatic carbocycles. The molecule has 96 valence electrons. The van der Waals surface area contributed by atoms with E-state index in [1.807, 2.05) is 0 Å². The van der Waals surface area contributed by atoms with E-state index in [1.165, 1.54) is 27.0 Å². The first-order chi connectivity index (χ1) is 7.65. The zero-order valence-electron chi connectivity index (χ0n) is 10.1. The summed E-state index contributed by atoms with van der Waals surface area (Å²) in [6.07, 6.45) is -0.550. The van der Waals surface area contributed by atoms with Crippen LogP contribution >= 0.6 is 0 Å². The van der Waals surface area contributed by atoms with Crippen molar-refractivity contribution >= 4 is 0 Å². The summed E-state index contributed by atoms with van der Waals surface area (Å²) >= 11 is 0. The van der Waals surface area contributed by atoms with Crippen molar-refractivity contribution in [3.8, 4) is 5.75 Å². The van der Waals surface area contributed by atoms with Gasteiger partial charge in [-0.1, -0.05) is 0 Å². The molecule has 2 nitrogen and oxygen atoms in total. The van der Waals surface area contributed by atoms with Crippen molar-refractivity contribution in [2.45, 2.75) is 31.7 Å². The average Bonchev–Trinajstić information content (AvgIpc) is 2.13. The van der Waals surface area contributed by atoms with E-state index in [9.17, 15) is 13.2 Å². The van der Waals surface area contributed by atoms with Crippen molar-refractivity contribution in [3.63, 3.8) is 0 Å². The highest BCUT2D eigenvalue weighted by molar-refractivity contribution is 5.31. The van der Waals surface area contributed by atoms with E-state index in [0.717, 1.165) is 12.1 Å². The molecule has 0 saturated heterocycles. The maximum atomic E-state index is 13.8. The van der Waals surface area contributed by atoms with Gasteiger partial charge in [0, 0.05) is 17.5 Å². The minimum atomic E-state index is -3.16. The number of rotatable bonds is 4. The molecule has 0 fully saturated rings. The quantitative estimate of drug-likeness (QED) is 0.887. The molecule has 17 heavy (non-hydrogen) atoms. The Hall–Kier alpha value is -1.23. The van der Waals surface area contributed by atoms with Crippen molar-refractivity contribution in [3.05, 3.63) is 29.6 Å². The van der Waals surface area contributed by atoms with Gasteiger partial charge in [-0.25, -0.2) is 13.2 Å². The molecule has 0 spiro atoms. The number of hydrogen-bond acceptors (Lipinski definition) is 2. The second-order valence-corrected chi connectivity index (χ2v) is 4.72. The second kappa shape index (κ2) is 4.56. The number of alkyl halides is 2. The van der Waals surface area contributed by atoms with Crippen LogP contribution in [-0.2, 0) is 5.92 Å². The molecule has 0 heterocycles. The molecule has 5 heteroatoms. The first-order valence-corrected chi connectivity index (χ1v) is 5.16. The number of ether oxygens (including phenoxy) is 1. The molecule has 0 amide bonds. The molecule has 0 atom stereocenters. The van der Waals surface area contributed by atoms with Gasteiger partial charge in [0.1, 0.15) is 0 Å². The highest BCUT2D eigenvalue weighted by Crippen LogP contribution is 2.36. The maximum Gasteiger partial charge on any atom is 0.275 e. The molecule has 0 aliphatic carbocycles. The van der Waals surface area contributed by atoms with Crippen LogP contribution in [0, 0.1) is 5.82 Å². The molecule has 0 unspecified atom stereocenters. The molecule has 0 aliphatic rings. The molecular weight excluding hydrogens is 231 g/mol. The Balaban J connectivity index is 3.03. The molecule has 0 radical (unpaired) electrons. The van der Waals surface area contributed by atoms with Crippen LogP contribution < -0.4 is 10.5 Å². The van der Waals surface area contributed by atoms with Crippen LogP contribution in [0.2, 0.25) is 0 Å². The summed E-state index contributed by atoms with van der Waals surface area (Å²) in [4.78, 5) is 0. The van der Waals surface area contributed by atoms with Crippen LogP contribution in [0.1, 0.15) is 25.8 Å². The highest BCUT2D eigenvalue weighted by atomic mass is 19.3. The van der Waals surface area contributed by atoms with Crippen LogP contribution in [-0.4, -0.2) is 12.6 Å². The van der Waals surface area contributed by atoms with Crippen molar-refractivity contribution in [2.75, 3.05) is 7.11 Å². The first-order valence-electron chi connectivity index (χ1n) is 5.16. The summed E-state index contributed by atoms with van der Waals surface area (Å²) < 4.78 is 45.6. The van der Waals surface area contributed by atoms with Gasteiger partial charge >= 0.3 is 0 Å². The van der Waals surface area contributed by atoms with Crippen LogP contribution in [0.15, 0.2) is 18.2 Å². The smallest absolute Gasteiger partial charge is 0.275 e. The van der Waals surface area contributed by atoms with Gasteiger partial charge in [-0.05, 0) is 32.0 Å². The van der Waals surface area contributed by atoms with Crippen molar-refractivity contribution in [1.29, 1.82) is 0 Å². The van der Waals surface area contributed by atoms with Crippen LogP contribution in [0.3, 0.4) is 0 Å². The van der Waals surface area contributed by atoms with Gasteiger partial charge < -0.3 is 10.5 Å². The summed E-state index contributed by atoms with van der Waals surface area (Å²) in [7, 11) is 1.28. The minimum absolute atomic E-state index is 0.0587. The number of benzene rings is 1. The van der Waals surface area contributed by atoms with E-state index in [2.05, 4.69) is 4.74 Å². The summed E-state index contributed by atoms with van der Waals surface area (Å²) in [6.45, 7) is 3.00. The average molecular weight is 247 g/mol. The summed E-state index contributed by atoms with van der Waals surface area (Å²) in [5.41, 5.74) is 4.13. The largest absolute Gasteiger partial charge is 0.494 e. The lowest BCUT2D eigenvalue weighted by molar-refractivity contribution is -0.0298. The molecule has 0 aliphatic heterocycles. The lowest BCUT2D eigenvalue weighted by Gasteiger charge is -2.26. The van der Waals surface area contributed by atoms with Gasteiger partial charge in [-0.15, -0.1) is 0 Å². The zero-order valence-corrected chi connectivity index (χ0v) is 10.1. The molecule has 0 bridgehead atoms. The standard InChI is InChI=1S/C12H16F3NO/c1-11(2,16)7-12(14,15)8-4-5-10(17-3)9(13)6-8/h4-6H,7,16H2,1-3H3. The van der Waals surface area contributed by atoms with E-state index >= 15 is 0 Å². The third-order valence-electron chi connectivity index (χ3n) is 2.25. The van der Waals surface area contributed by atoms with Gasteiger partial charge in [0.15, 0.2) is 11.6 Å². The van der Waals surface area contributed by atoms with E-state index in [4.69, 9.17) is 5.73 Å². The zero-order chi connectivity index (χ0) is 13.3. The molecule has 0 aromatic heterocycles. The monoisotopic (exact) mass is 247 g/mol. The van der Waals surface area contributed by atoms with Crippen LogP contribution in [0.4, 0.5) is 13.2 Å². The van der Waals surface area contributed by atoms with E-state index in [-0.39, 0.29) is 5.75 Å². The summed E-state index contributed by atoms with van der Waals surface area (Å²) in [5.74, 6) is -4.03. The van der Waals surface area contributed by atoms with Crippen molar-refractivity contribution in [2.24, 2.45) is 5.73 Å². The predicted octanol–water partition coefficient (Wildman–Crippen LogP) is 3.05. The van der Waals surface area contributed by atoms with E-state index < -0.39 is 29.3 Å². The number of methoxy groups -OCH3 is 1. The van der Waals surface area contributed by atoms with Gasteiger partial charge in [-0.2, -0.15) is 0 Å². The maximum absolute atomic E-state index is 13.8. The Kier molecular flexibility index (Phi) is 3.71. The third kappa shape index (κ3) is 3.63. The Labute approximate surface area is 98.6 Å².